The van der Waals surface area contributed by atoms with Crippen molar-refractivity contribution in [3.05, 3.63) is 66.2 Å². The largest absolute Gasteiger partial charge is 0.354 e. The van der Waals surface area contributed by atoms with Crippen molar-refractivity contribution >= 4 is 34.2 Å². The number of aromatic nitrogens is 1. The van der Waals surface area contributed by atoms with E-state index in [0.29, 0.717) is 18.2 Å². The van der Waals surface area contributed by atoms with Crippen LogP contribution < -0.4 is 15.5 Å². The number of anilines is 2. The first-order chi connectivity index (χ1) is 15.7. The molecular weight excluding hydrogens is 402 g/mol. The van der Waals surface area contributed by atoms with E-state index in [9.17, 15) is 9.59 Å². The number of piperazine rings is 1. The average Bonchev–Trinajstić information content (AvgIpc) is 3.63. The van der Waals surface area contributed by atoms with Crippen LogP contribution in [0.2, 0.25) is 0 Å². The van der Waals surface area contributed by atoms with Gasteiger partial charge >= 0.3 is 0 Å². The molecule has 0 bridgehead atoms. The van der Waals surface area contributed by atoms with Gasteiger partial charge in [-0.1, -0.05) is 36.4 Å². The van der Waals surface area contributed by atoms with Gasteiger partial charge < -0.3 is 15.5 Å². The number of pyridine rings is 1. The monoisotopic (exact) mass is 429 g/mol. The summed E-state index contributed by atoms with van der Waals surface area (Å²) in [6.07, 6.45) is 2.11. The first-order valence-electron chi connectivity index (χ1n) is 11.2. The molecule has 7 nitrogen and oxygen atoms in total. The van der Waals surface area contributed by atoms with Crippen molar-refractivity contribution in [3.8, 4) is 0 Å². The highest BCUT2D eigenvalue weighted by Gasteiger charge is 2.26. The fraction of sp³-hybridized carbons (Fsp3) is 0.320. The lowest BCUT2D eigenvalue weighted by Gasteiger charge is -2.35. The molecule has 1 aromatic heterocycles. The zero-order valence-electron chi connectivity index (χ0n) is 18.0. The van der Waals surface area contributed by atoms with E-state index in [0.717, 1.165) is 61.4 Å². The summed E-state index contributed by atoms with van der Waals surface area (Å²) in [6, 6.07) is 19.5. The standard InChI is InChI=1S/C25H27N5O2/c31-24(26-18-6-2-1-3-7-18)17-29-12-14-30(15-13-29)23-16-21(25(32)27-19-10-11-19)20-8-4-5-9-22(20)28-23/h1-9,16,19H,10-15,17H2,(H,26,31)(H,27,32). The highest BCUT2D eigenvalue weighted by molar-refractivity contribution is 6.07. The van der Waals surface area contributed by atoms with Crippen molar-refractivity contribution in [2.75, 3.05) is 42.9 Å². The van der Waals surface area contributed by atoms with E-state index < -0.39 is 0 Å². The zero-order valence-corrected chi connectivity index (χ0v) is 18.0. The van der Waals surface area contributed by atoms with Gasteiger partial charge in [-0.2, -0.15) is 0 Å². The van der Waals surface area contributed by atoms with Crippen LogP contribution >= 0.6 is 0 Å². The number of nitrogens with zero attached hydrogens (tertiary/aromatic N) is 3. The summed E-state index contributed by atoms with van der Waals surface area (Å²) in [5, 5.41) is 6.93. The molecule has 32 heavy (non-hydrogen) atoms. The lowest BCUT2D eigenvalue weighted by Crippen LogP contribution is -2.49. The van der Waals surface area contributed by atoms with Crippen molar-refractivity contribution in [2.45, 2.75) is 18.9 Å². The number of hydrogen-bond acceptors (Lipinski definition) is 5. The van der Waals surface area contributed by atoms with Crippen molar-refractivity contribution < 1.29 is 9.59 Å². The van der Waals surface area contributed by atoms with Crippen LogP contribution in [0.15, 0.2) is 60.7 Å². The van der Waals surface area contributed by atoms with Gasteiger partial charge in [0.2, 0.25) is 5.91 Å². The molecule has 2 amide bonds. The molecule has 2 fully saturated rings. The maximum atomic E-state index is 12.9. The first-order valence-corrected chi connectivity index (χ1v) is 11.2. The second kappa shape index (κ2) is 8.96. The number of benzene rings is 2. The third kappa shape index (κ3) is 4.73. The van der Waals surface area contributed by atoms with Gasteiger partial charge in [0, 0.05) is 43.3 Å². The van der Waals surface area contributed by atoms with Gasteiger partial charge in [0.15, 0.2) is 0 Å². The normalized spacial score (nSPS) is 16.7. The number of carbonyl (C=O) groups excluding carboxylic acids is 2. The highest BCUT2D eigenvalue weighted by atomic mass is 16.2. The Morgan fingerprint density at radius 3 is 2.41 bits per heavy atom. The molecule has 0 unspecified atom stereocenters. The van der Waals surface area contributed by atoms with Crippen molar-refractivity contribution in [1.82, 2.24) is 15.2 Å². The predicted octanol–water partition coefficient (Wildman–Crippen LogP) is 2.89. The van der Waals surface area contributed by atoms with Crippen molar-refractivity contribution in [3.63, 3.8) is 0 Å². The minimum atomic E-state index is -0.0245. The molecule has 1 saturated heterocycles. The Kier molecular flexibility index (Phi) is 5.73. The molecule has 2 N–H and O–H groups in total. The summed E-state index contributed by atoms with van der Waals surface area (Å²) < 4.78 is 0. The Bertz CT molecular complexity index is 1120. The number of para-hydroxylation sites is 2. The van der Waals surface area contributed by atoms with Crippen LogP contribution in [-0.2, 0) is 4.79 Å². The van der Waals surface area contributed by atoms with E-state index in [1.807, 2.05) is 60.7 Å². The average molecular weight is 430 g/mol. The molecule has 1 saturated carbocycles. The van der Waals surface area contributed by atoms with E-state index in [1.165, 1.54) is 0 Å². The van der Waals surface area contributed by atoms with Gasteiger partial charge in [0.25, 0.3) is 5.91 Å². The molecule has 164 valence electrons. The summed E-state index contributed by atoms with van der Waals surface area (Å²) in [7, 11) is 0. The first kappa shape index (κ1) is 20.5. The van der Waals surface area contributed by atoms with Crippen molar-refractivity contribution in [1.29, 1.82) is 0 Å². The number of hydrogen-bond donors (Lipinski definition) is 2. The molecule has 3 aromatic rings. The molecule has 0 atom stereocenters. The van der Waals surface area contributed by atoms with E-state index in [-0.39, 0.29) is 11.8 Å². The van der Waals surface area contributed by atoms with Crippen LogP contribution in [0.5, 0.6) is 0 Å². The minimum Gasteiger partial charge on any atom is -0.354 e. The summed E-state index contributed by atoms with van der Waals surface area (Å²) in [6.45, 7) is 3.41. The van der Waals surface area contributed by atoms with E-state index in [2.05, 4.69) is 20.4 Å². The van der Waals surface area contributed by atoms with Crippen LogP contribution in [0.3, 0.4) is 0 Å². The third-order valence-electron chi connectivity index (χ3n) is 5.98. The number of nitrogens with one attached hydrogen (secondary N) is 2. The Labute approximate surface area is 187 Å². The molecule has 0 radical (unpaired) electrons. The molecule has 1 aliphatic carbocycles. The molecule has 5 rings (SSSR count). The highest BCUT2D eigenvalue weighted by Crippen LogP contribution is 2.26. The van der Waals surface area contributed by atoms with Crippen LogP contribution in [0.4, 0.5) is 11.5 Å². The lowest BCUT2D eigenvalue weighted by molar-refractivity contribution is -0.117. The predicted molar refractivity (Wildman–Crippen MR) is 126 cm³/mol. The summed E-state index contributed by atoms with van der Waals surface area (Å²) >= 11 is 0. The SMILES string of the molecule is O=C(CN1CCN(c2cc(C(=O)NC3CC3)c3ccccc3n2)CC1)Nc1ccccc1. The molecule has 2 heterocycles. The maximum absolute atomic E-state index is 12.9. The quantitative estimate of drug-likeness (QED) is 0.630. The van der Waals surface area contributed by atoms with Gasteiger partial charge in [-0.05, 0) is 37.1 Å². The zero-order chi connectivity index (χ0) is 21.9. The van der Waals surface area contributed by atoms with Gasteiger partial charge in [0.05, 0.1) is 17.6 Å². The molecule has 2 aliphatic rings. The molecular formula is C25H27N5O2. The topological polar surface area (TPSA) is 77.6 Å². The molecule has 1 aliphatic heterocycles. The fourth-order valence-electron chi connectivity index (χ4n) is 4.06. The Hall–Kier alpha value is -3.45. The van der Waals surface area contributed by atoms with Crippen LogP contribution in [0.25, 0.3) is 10.9 Å². The molecule has 2 aromatic carbocycles. The Balaban J connectivity index is 1.25. The lowest BCUT2D eigenvalue weighted by atomic mass is 10.1. The molecule has 0 spiro atoms. The van der Waals surface area contributed by atoms with Crippen LogP contribution in [-0.4, -0.2) is 60.5 Å². The second-order valence-electron chi connectivity index (χ2n) is 8.47. The Morgan fingerprint density at radius 1 is 0.938 bits per heavy atom. The number of amides is 2. The summed E-state index contributed by atoms with van der Waals surface area (Å²) in [5.74, 6) is 0.786. The van der Waals surface area contributed by atoms with E-state index in [4.69, 9.17) is 4.98 Å². The van der Waals surface area contributed by atoms with E-state index in [1.54, 1.807) is 0 Å². The van der Waals surface area contributed by atoms with Gasteiger partial charge in [0.1, 0.15) is 5.82 Å². The van der Waals surface area contributed by atoms with Gasteiger partial charge in [-0.15, -0.1) is 0 Å². The minimum absolute atomic E-state index is 0.00693. The van der Waals surface area contributed by atoms with Gasteiger partial charge in [-0.25, -0.2) is 4.98 Å². The smallest absolute Gasteiger partial charge is 0.252 e. The summed E-state index contributed by atoms with van der Waals surface area (Å²) in [5.41, 5.74) is 2.33. The van der Waals surface area contributed by atoms with Crippen LogP contribution in [0.1, 0.15) is 23.2 Å². The molecule has 7 heteroatoms. The number of carbonyl (C=O) groups is 2. The summed E-state index contributed by atoms with van der Waals surface area (Å²) in [4.78, 5) is 34.4. The van der Waals surface area contributed by atoms with Gasteiger partial charge in [-0.3, -0.25) is 14.5 Å². The van der Waals surface area contributed by atoms with Crippen molar-refractivity contribution in [2.24, 2.45) is 0 Å². The fourth-order valence-corrected chi connectivity index (χ4v) is 4.06. The number of rotatable bonds is 6. The maximum Gasteiger partial charge on any atom is 0.252 e. The van der Waals surface area contributed by atoms with Crippen LogP contribution in [0, 0.1) is 0 Å². The third-order valence-corrected chi connectivity index (χ3v) is 5.98. The Morgan fingerprint density at radius 2 is 1.66 bits per heavy atom. The van der Waals surface area contributed by atoms with E-state index >= 15 is 0 Å². The second-order valence-corrected chi connectivity index (χ2v) is 8.47. The number of fused-ring (bicyclic) bond motifs is 1.